The zero-order chi connectivity index (χ0) is 29.7. The number of aromatic amines is 1. The molecule has 11 nitrogen and oxygen atoms in total. The lowest BCUT2D eigenvalue weighted by Gasteiger charge is -2.43. The van der Waals surface area contributed by atoms with Crippen LogP contribution in [-0.4, -0.2) is 65.7 Å². The van der Waals surface area contributed by atoms with Gasteiger partial charge in [-0.2, -0.15) is 18.3 Å². The van der Waals surface area contributed by atoms with Crippen LogP contribution in [-0.2, 0) is 17.4 Å². The number of carboxylic acid groups (broad SMARTS) is 1. The van der Waals surface area contributed by atoms with Gasteiger partial charge in [0, 0.05) is 24.1 Å². The number of aromatic nitrogens is 4. The van der Waals surface area contributed by atoms with Crippen LogP contribution >= 0.6 is 0 Å². The smallest absolute Gasteiger partial charge is 0.416 e. The van der Waals surface area contributed by atoms with Crippen molar-refractivity contribution in [1.82, 2.24) is 25.3 Å². The number of aliphatic hydroxyl groups is 1. The number of hydrogen-bond donors (Lipinski definition) is 4. The molecule has 0 aliphatic rings. The van der Waals surface area contributed by atoms with Crippen molar-refractivity contribution in [2.75, 3.05) is 5.32 Å². The molecular formula is C26H33F3N6O5. The number of nitrogens with one attached hydrogen (secondary N) is 2. The number of carbonyl (C=O) groups is 2. The molecular weight excluding hydrogens is 533 g/mol. The van der Waals surface area contributed by atoms with Crippen molar-refractivity contribution in [2.45, 2.75) is 77.7 Å². The molecule has 0 aliphatic carbocycles. The first-order valence-electron chi connectivity index (χ1n) is 12.7. The maximum absolute atomic E-state index is 12.9. The Morgan fingerprint density at radius 3 is 2.33 bits per heavy atom. The van der Waals surface area contributed by atoms with E-state index >= 15 is 0 Å². The fourth-order valence-corrected chi connectivity index (χ4v) is 4.32. The van der Waals surface area contributed by atoms with Crippen LogP contribution in [0.2, 0.25) is 0 Å². The Bertz CT molecular complexity index is 1260. The van der Waals surface area contributed by atoms with Gasteiger partial charge in [0.15, 0.2) is 6.10 Å². The van der Waals surface area contributed by atoms with Gasteiger partial charge >= 0.3 is 12.3 Å². The maximum Gasteiger partial charge on any atom is 0.416 e. The van der Waals surface area contributed by atoms with Gasteiger partial charge in [-0.05, 0) is 36.1 Å². The van der Waals surface area contributed by atoms with Crippen molar-refractivity contribution in [3.8, 4) is 11.5 Å². The number of nitrogens with zero attached hydrogens (tertiary/aromatic N) is 4. The second-order valence-electron chi connectivity index (χ2n) is 10.5. The molecule has 2 aromatic heterocycles. The van der Waals surface area contributed by atoms with Gasteiger partial charge in [0.05, 0.1) is 17.8 Å². The van der Waals surface area contributed by atoms with E-state index in [1.807, 2.05) is 6.92 Å². The highest BCUT2D eigenvalue weighted by atomic mass is 19.4. The number of aliphatic hydroxyl groups excluding tert-OH is 1. The molecule has 0 fully saturated rings. The molecule has 4 N–H and O–H groups in total. The fraction of sp³-hybridized carbons (Fsp3) is 0.500. The molecule has 0 saturated carbocycles. The lowest BCUT2D eigenvalue weighted by molar-refractivity contribution is -0.137. The van der Waals surface area contributed by atoms with E-state index < -0.39 is 47.3 Å². The Morgan fingerprint density at radius 2 is 1.80 bits per heavy atom. The van der Waals surface area contributed by atoms with Crippen molar-refractivity contribution >= 4 is 17.8 Å². The van der Waals surface area contributed by atoms with Crippen LogP contribution in [0.5, 0.6) is 0 Å². The highest BCUT2D eigenvalue weighted by Gasteiger charge is 2.43. The first-order chi connectivity index (χ1) is 18.7. The maximum atomic E-state index is 12.9. The van der Waals surface area contributed by atoms with Crippen molar-refractivity contribution in [3.05, 3.63) is 48.0 Å². The fourth-order valence-electron chi connectivity index (χ4n) is 4.32. The molecule has 40 heavy (non-hydrogen) atoms. The molecule has 2 amide bonds. The second-order valence-corrected chi connectivity index (χ2v) is 10.5. The van der Waals surface area contributed by atoms with Crippen LogP contribution in [0, 0.1) is 5.41 Å². The number of carbonyl (C=O) groups excluding carboxylic acids is 1. The monoisotopic (exact) mass is 566 g/mol. The molecule has 14 heteroatoms. The van der Waals surface area contributed by atoms with Crippen LogP contribution in [0.3, 0.4) is 0 Å². The number of benzene rings is 1. The Morgan fingerprint density at radius 1 is 1.12 bits per heavy atom. The first-order valence-corrected chi connectivity index (χ1v) is 12.7. The van der Waals surface area contributed by atoms with Crippen LogP contribution in [0.4, 0.5) is 23.8 Å². The largest absolute Gasteiger partial charge is 0.465 e. The minimum Gasteiger partial charge on any atom is -0.465 e. The van der Waals surface area contributed by atoms with Gasteiger partial charge in [-0.1, -0.05) is 40.5 Å². The lowest BCUT2D eigenvalue weighted by Crippen LogP contribution is -2.58. The molecule has 0 spiro atoms. The predicted octanol–water partition coefficient (Wildman–Crippen LogP) is 4.97. The normalized spacial score (nSPS) is 14.4. The van der Waals surface area contributed by atoms with E-state index in [2.05, 4.69) is 25.7 Å². The van der Waals surface area contributed by atoms with E-state index in [-0.39, 0.29) is 36.0 Å². The topological polar surface area (TPSA) is 157 Å². The molecule has 3 rings (SSSR count). The average molecular weight is 567 g/mol. The quantitative estimate of drug-likeness (QED) is 0.253. The third-order valence-corrected chi connectivity index (χ3v) is 6.45. The third kappa shape index (κ3) is 7.58. The summed E-state index contributed by atoms with van der Waals surface area (Å²) in [7, 11) is 0. The number of hydrogen-bond acceptors (Lipinski definition) is 7. The molecule has 0 unspecified atom stereocenters. The molecule has 1 aromatic carbocycles. The summed E-state index contributed by atoms with van der Waals surface area (Å²) < 4.78 is 44.5. The van der Waals surface area contributed by atoms with Gasteiger partial charge < -0.3 is 19.9 Å². The minimum atomic E-state index is -4.49. The molecule has 3 atom stereocenters. The SMILES string of the molecule is CCCC[C@@H]([C@@H](O)C(=O)Nc1ccn[nH]1)N(C(=O)O)[C@H](Cc1nnc(-c2ccc(C(F)(F)F)cc2)o1)C(C)(C)C. The van der Waals surface area contributed by atoms with Gasteiger partial charge in [-0.15, -0.1) is 10.2 Å². The van der Waals surface area contributed by atoms with Gasteiger partial charge in [0.2, 0.25) is 11.8 Å². The Balaban J connectivity index is 1.90. The van der Waals surface area contributed by atoms with Gasteiger partial charge in [0.1, 0.15) is 5.82 Å². The second kappa shape index (κ2) is 12.5. The van der Waals surface area contributed by atoms with Gasteiger partial charge in [-0.3, -0.25) is 14.8 Å². The lowest BCUT2D eigenvalue weighted by atomic mass is 9.82. The third-order valence-electron chi connectivity index (χ3n) is 6.45. The first kappa shape index (κ1) is 30.6. The van der Waals surface area contributed by atoms with E-state index in [4.69, 9.17) is 4.42 Å². The number of unbranched alkanes of at least 4 members (excludes halogenated alkanes) is 1. The summed E-state index contributed by atoms with van der Waals surface area (Å²) in [5.41, 5.74) is -1.28. The summed E-state index contributed by atoms with van der Waals surface area (Å²) in [6, 6.07) is 3.77. The Labute approximate surface area is 228 Å². The highest BCUT2D eigenvalue weighted by Crippen LogP contribution is 2.33. The summed E-state index contributed by atoms with van der Waals surface area (Å²) in [5, 5.41) is 38.1. The van der Waals surface area contributed by atoms with Crippen LogP contribution < -0.4 is 5.32 Å². The molecule has 2 heterocycles. The molecule has 0 radical (unpaired) electrons. The summed E-state index contributed by atoms with van der Waals surface area (Å²) in [4.78, 5) is 26.6. The van der Waals surface area contributed by atoms with Crippen LogP contribution in [0.15, 0.2) is 40.9 Å². The zero-order valence-electron chi connectivity index (χ0n) is 22.6. The molecule has 3 aromatic rings. The summed E-state index contributed by atoms with van der Waals surface area (Å²) in [6.45, 7) is 7.31. The van der Waals surface area contributed by atoms with Crippen molar-refractivity contribution in [1.29, 1.82) is 0 Å². The van der Waals surface area contributed by atoms with Crippen molar-refractivity contribution < 1.29 is 37.4 Å². The van der Waals surface area contributed by atoms with E-state index in [9.17, 15) is 33.0 Å². The zero-order valence-corrected chi connectivity index (χ0v) is 22.6. The van der Waals surface area contributed by atoms with Crippen LogP contribution in [0.1, 0.15) is 58.4 Å². The van der Waals surface area contributed by atoms with Crippen molar-refractivity contribution in [2.24, 2.45) is 5.41 Å². The minimum absolute atomic E-state index is 0.0280. The summed E-state index contributed by atoms with van der Waals surface area (Å²) in [5.74, 6) is -0.535. The standard InChI is InChI=1S/C26H33F3N6O5/c1-5-6-7-17(21(36)22(37)31-19-12-13-30-32-19)35(24(38)39)18(25(2,3)4)14-20-33-34-23(40-20)15-8-10-16(11-9-15)26(27,28)29/h8-13,17-18,21,36H,5-7,14H2,1-4H3,(H,38,39)(H2,30,31,32,37)/t17-,18+,21+/m0/s1. The number of halogens is 3. The van der Waals surface area contributed by atoms with Crippen molar-refractivity contribution in [3.63, 3.8) is 0 Å². The molecule has 0 aliphatic heterocycles. The number of anilines is 1. The number of amides is 2. The number of alkyl halides is 3. The molecule has 0 bridgehead atoms. The molecule has 218 valence electrons. The highest BCUT2D eigenvalue weighted by molar-refractivity contribution is 5.94. The summed E-state index contributed by atoms with van der Waals surface area (Å²) >= 11 is 0. The van der Waals surface area contributed by atoms with E-state index in [0.717, 1.165) is 17.0 Å². The van der Waals surface area contributed by atoms with E-state index in [1.165, 1.54) is 24.4 Å². The van der Waals surface area contributed by atoms with E-state index in [0.29, 0.717) is 12.8 Å². The predicted molar refractivity (Wildman–Crippen MR) is 138 cm³/mol. The molecule has 0 saturated heterocycles. The Kier molecular flexibility index (Phi) is 9.56. The number of rotatable bonds is 11. The van der Waals surface area contributed by atoms with Gasteiger partial charge in [0.25, 0.3) is 5.91 Å². The number of H-pyrrole nitrogens is 1. The van der Waals surface area contributed by atoms with Crippen LogP contribution in [0.25, 0.3) is 11.5 Å². The summed E-state index contributed by atoms with van der Waals surface area (Å²) in [6.07, 6.45) is -4.77. The van der Waals surface area contributed by atoms with Gasteiger partial charge in [-0.25, -0.2) is 4.79 Å². The Hall–Kier alpha value is -3.94. The average Bonchev–Trinajstić information content (AvgIpc) is 3.56. The van der Waals surface area contributed by atoms with E-state index in [1.54, 1.807) is 20.8 Å².